The molecule has 0 unspecified atom stereocenters. The number of carboxylic acids is 1. The molecule has 2 aliphatic rings. The second-order valence-corrected chi connectivity index (χ2v) is 8.27. The van der Waals surface area contributed by atoms with E-state index in [-0.39, 0.29) is 23.9 Å². The van der Waals surface area contributed by atoms with Gasteiger partial charge in [0.1, 0.15) is 0 Å². The SMILES string of the molecule is C=C1CC[C@@H]2[C@](C)(CCC[C@]2(C)C(=O)O)[C@H]1C[C@@H](O)/C(C)=C\CO. The summed E-state index contributed by atoms with van der Waals surface area (Å²) in [7, 11) is 0. The van der Waals surface area contributed by atoms with E-state index in [0.717, 1.165) is 43.3 Å². The van der Waals surface area contributed by atoms with Crippen LogP contribution in [-0.2, 0) is 4.79 Å². The second kappa shape index (κ2) is 7.01. The van der Waals surface area contributed by atoms with Crippen molar-refractivity contribution in [2.45, 2.75) is 65.4 Å². The highest BCUT2D eigenvalue weighted by atomic mass is 16.4. The fourth-order valence-electron chi connectivity index (χ4n) is 5.33. The molecule has 0 aromatic heterocycles. The van der Waals surface area contributed by atoms with E-state index in [0.29, 0.717) is 6.42 Å². The van der Waals surface area contributed by atoms with Crippen molar-refractivity contribution in [3.8, 4) is 0 Å². The van der Waals surface area contributed by atoms with Crippen LogP contribution < -0.4 is 0 Å². The lowest BCUT2D eigenvalue weighted by molar-refractivity contribution is -0.164. The summed E-state index contributed by atoms with van der Waals surface area (Å²) in [5.41, 5.74) is 1.08. The lowest BCUT2D eigenvalue weighted by atomic mass is 9.46. The summed E-state index contributed by atoms with van der Waals surface area (Å²) in [6.07, 6.45) is 5.91. The topological polar surface area (TPSA) is 77.8 Å². The number of fused-ring (bicyclic) bond motifs is 1. The van der Waals surface area contributed by atoms with Crippen molar-refractivity contribution in [3.63, 3.8) is 0 Å². The minimum Gasteiger partial charge on any atom is -0.481 e. The predicted molar refractivity (Wildman–Crippen MR) is 94.5 cm³/mol. The number of carboxylic acid groups (broad SMARTS) is 1. The van der Waals surface area contributed by atoms with Crippen molar-refractivity contribution in [3.05, 3.63) is 23.8 Å². The molecule has 2 aliphatic carbocycles. The van der Waals surface area contributed by atoms with E-state index in [1.54, 1.807) is 6.08 Å². The quantitative estimate of drug-likeness (QED) is 0.671. The van der Waals surface area contributed by atoms with Crippen LogP contribution in [0.25, 0.3) is 0 Å². The molecule has 24 heavy (non-hydrogen) atoms. The Kier molecular flexibility index (Phi) is 5.61. The molecule has 2 saturated carbocycles. The van der Waals surface area contributed by atoms with E-state index in [9.17, 15) is 15.0 Å². The number of hydrogen-bond donors (Lipinski definition) is 3. The highest BCUT2D eigenvalue weighted by molar-refractivity contribution is 5.75. The van der Waals surface area contributed by atoms with Crippen LogP contribution in [0.4, 0.5) is 0 Å². The Labute approximate surface area is 145 Å². The molecule has 0 bridgehead atoms. The summed E-state index contributed by atoms with van der Waals surface area (Å²) in [4.78, 5) is 12.0. The minimum atomic E-state index is -0.693. The first-order valence-corrected chi connectivity index (χ1v) is 9.03. The van der Waals surface area contributed by atoms with Gasteiger partial charge in [0.25, 0.3) is 0 Å². The van der Waals surface area contributed by atoms with E-state index in [2.05, 4.69) is 13.5 Å². The van der Waals surface area contributed by atoms with E-state index >= 15 is 0 Å². The maximum atomic E-state index is 12.0. The van der Waals surface area contributed by atoms with Gasteiger partial charge < -0.3 is 15.3 Å². The number of hydrogen-bond acceptors (Lipinski definition) is 3. The monoisotopic (exact) mass is 336 g/mol. The first kappa shape index (κ1) is 19.2. The van der Waals surface area contributed by atoms with Crippen LogP contribution >= 0.6 is 0 Å². The van der Waals surface area contributed by atoms with Crippen LogP contribution in [0.15, 0.2) is 23.8 Å². The van der Waals surface area contributed by atoms with Gasteiger partial charge in [-0.1, -0.05) is 31.6 Å². The molecule has 136 valence electrons. The lowest BCUT2D eigenvalue weighted by Gasteiger charge is -2.57. The molecule has 2 fully saturated rings. The Balaban J connectivity index is 2.32. The fourth-order valence-corrected chi connectivity index (χ4v) is 5.33. The molecular weight excluding hydrogens is 304 g/mol. The first-order chi connectivity index (χ1) is 11.2. The van der Waals surface area contributed by atoms with Crippen LogP contribution in [0.3, 0.4) is 0 Å². The summed E-state index contributed by atoms with van der Waals surface area (Å²) in [5.74, 6) is -0.463. The molecule has 4 heteroatoms. The molecule has 3 N–H and O–H groups in total. The smallest absolute Gasteiger partial charge is 0.309 e. The van der Waals surface area contributed by atoms with Crippen LogP contribution in [-0.4, -0.2) is 34.0 Å². The van der Waals surface area contributed by atoms with Crippen LogP contribution in [0.5, 0.6) is 0 Å². The van der Waals surface area contributed by atoms with Crippen LogP contribution in [0.1, 0.15) is 59.3 Å². The van der Waals surface area contributed by atoms with Gasteiger partial charge in [0.15, 0.2) is 0 Å². The highest BCUT2D eigenvalue weighted by Gasteiger charge is 2.57. The number of carbonyl (C=O) groups is 1. The zero-order valence-electron chi connectivity index (χ0n) is 15.2. The number of aliphatic hydroxyl groups is 2. The summed E-state index contributed by atoms with van der Waals surface area (Å²) >= 11 is 0. The molecule has 0 saturated heterocycles. The normalized spacial score (nSPS) is 38.5. The Morgan fingerprint density at radius 3 is 2.67 bits per heavy atom. The molecule has 2 rings (SSSR count). The Hall–Kier alpha value is -1.13. The third-order valence-corrected chi connectivity index (χ3v) is 6.91. The number of aliphatic hydroxyl groups excluding tert-OH is 2. The molecule has 0 spiro atoms. The van der Waals surface area contributed by atoms with Gasteiger partial charge in [0, 0.05) is 0 Å². The third kappa shape index (κ3) is 3.18. The Morgan fingerprint density at radius 2 is 2.08 bits per heavy atom. The zero-order valence-corrected chi connectivity index (χ0v) is 15.2. The lowest BCUT2D eigenvalue weighted by Crippen LogP contribution is -2.53. The highest BCUT2D eigenvalue weighted by Crippen LogP contribution is 2.62. The van der Waals surface area contributed by atoms with Crippen molar-refractivity contribution < 1.29 is 20.1 Å². The standard InChI is InChI=1S/C20H32O4/c1-13-6-7-17-19(3,9-5-10-20(17,4)18(23)24)15(13)12-16(22)14(2)8-11-21/h8,15-17,21-22H,1,5-7,9-12H2,2-4H3,(H,23,24)/b14-8-/t15-,16+,17+,19+,20-/m0/s1. The number of allylic oxidation sites excluding steroid dienone is 1. The summed E-state index contributed by atoms with van der Waals surface area (Å²) in [6.45, 7) is 10.1. The maximum Gasteiger partial charge on any atom is 0.309 e. The summed E-state index contributed by atoms with van der Waals surface area (Å²) in [6, 6.07) is 0. The summed E-state index contributed by atoms with van der Waals surface area (Å²) in [5, 5.41) is 29.4. The molecule has 5 atom stereocenters. The third-order valence-electron chi connectivity index (χ3n) is 6.91. The largest absolute Gasteiger partial charge is 0.481 e. The van der Waals surface area contributed by atoms with Crippen molar-refractivity contribution in [1.29, 1.82) is 0 Å². The van der Waals surface area contributed by atoms with Gasteiger partial charge in [-0.05, 0) is 68.8 Å². The van der Waals surface area contributed by atoms with Gasteiger partial charge in [0.2, 0.25) is 0 Å². The van der Waals surface area contributed by atoms with E-state index in [1.165, 1.54) is 0 Å². The van der Waals surface area contributed by atoms with Crippen molar-refractivity contribution in [2.75, 3.05) is 6.61 Å². The van der Waals surface area contributed by atoms with Gasteiger partial charge in [-0.25, -0.2) is 0 Å². The Morgan fingerprint density at radius 1 is 1.42 bits per heavy atom. The molecule has 0 radical (unpaired) electrons. The fraction of sp³-hybridized carbons (Fsp3) is 0.750. The summed E-state index contributed by atoms with van der Waals surface area (Å²) < 4.78 is 0. The van der Waals surface area contributed by atoms with Crippen molar-refractivity contribution in [1.82, 2.24) is 0 Å². The second-order valence-electron chi connectivity index (χ2n) is 8.27. The van der Waals surface area contributed by atoms with Gasteiger partial charge in [-0.2, -0.15) is 0 Å². The van der Waals surface area contributed by atoms with Crippen LogP contribution in [0, 0.1) is 22.7 Å². The molecular formula is C20H32O4. The molecule has 0 heterocycles. The first-order valence-electron chi connectivity index (χ1n) is 9.03. The number of rotatable bonds is 5. The van der Waals surface area contributed by atoms with E-state index < -0.39 is 17.5 Å². The van der Waals surface area contributed by atoms with Gasteiger partial charge in [0.05, 0.1) is 18.1 Å². The van der Waals surface area contributed by atoms with Gasteiger partial charge in [-0.15, -0.1) is 0 Å². The molecule has 0 aromatic rings. The van der Waals surface area contributed by atoms with Gasteiger partial charge in [-0.3, -0.25) is 4.79 Å². The number of aliphatic carboxylic acids is 1. The average Bonchev–Trinajstić information content (AvgIpc) is 2.50. The van der Waals surface area contributed by atoms with Crippen LogP contribution in [0.2, 0.25) is 0 Å². The maximum absolute atomic E-state index is 12.0. The minimum absolute atomic E-state index is 0.0779. The van der Waals surface area contributed by atoms with Gasteiger partial charge >= 0.3 is 5.97 Å². The van der Waals surface area contributed by atoms with E-state index in [4.69, 9.17) is 5.11 Å². The molecule has 4 nitrogen and oxygen atoms in total. The Bertz CT molecular complexity index is 538. The predicted octanol–water partition coefficient (Wildman–Crippen LogP) is 3.54. The van der Waals surface area contributed by atoms with E-state index in [1.807, 2.05) is 13.8 Å². The van der Waals surface area contributed by atoms with Crippen molar-refractivity contribution >= 4 is 5.97 Å². The molecule has 0 amide bonds. The molecule has 0 aliphatic heterocycles. The average molecular weight is 336 g/mol. The zero-order chi connectivity index (χ0) is 18.1. The van der Waals surface area contributed by atoms with Crippen molar-refractivity contribution in [2.24, 2.45) is 22.7 Å². The molecule has 0 aromatic carbocycles.